The van der Waals surface area contributed by atoms with Gasteiger partial charge in [0.1, 0.15) is 6.10 Å². The zero-order valence-electron chi connectivity index (χ0n) is 18.6. The van der Waals surface area contributed by atoms with E-state index in [-0.39, 0.29) is 5.75 Å². The average molecular weight is 461 g/mol. The van der Waals surface area contributed by atoms with Crippen LogP contribution in [0.1, 0.15) is 22.3 Å². The van der Waals surface area contributed by atoms with Gasteiger partial charge in [0, 0.05) is 22.4 Å². The molecule has 6 nitrogen and oxygen atoms in total. The van der Waals surface area contributed by atoms with Crippen LogP contribution in [-0.4, -0.2) is 35.9 Å². The Hall–Kier alpha value is -3.60. The summed E-state index contributed by atoms with van der Waals surface area (Å²) in [5.41, 5.74) is 3.59. The van der Waals surface area contributed by atoms with E-state index in [2.05, 4.69) is 16.1 Å². The monoisotopic (exact) mass is 460 g/mol. The van der Waals surface area contributed by atoms with Crippen LogP contribution in [0.25, 0.3) is 16.8 Å². The first-order valence-corrected chi connectivity index (χ1v) is 11.2. The van der Waals surface area contributed by atoms with Gasteiger partial charge in [0.25, 0.3) is 5.91 Å². The van der Waals surface area contributed by atoms with Crippen LogP contribution in [0.2, 0.25) is 0 Å². The Morgan fingerprint density at radius 3 is 2.58 bits per heavy atom. The first kappa shape index (κ1) is 24.1. The number of benzene rings is 3. The van der Waals surface area contributed by atoms with Crippen molar-refractivity contribution in [3.8, 4) is 6.07 Å². The van der Waals surface area contributed by atoms with Crippen molar-refractivity contribution in [1.29, 1.82) is 5.26 Å². The first-order chi connectivity index (χ1) is 15.8. The Kier molecular flexibility index (Phi) is 7.88. The lowest BCUT2D eigenvalue weighted by Crippen LogP contribution is -2.30. The molecule has 0 aliphatic rings. The number of hydrogen-bond donors (Lipinski definition) is 2. The van der Waals surface area contributed by atoms with E-state index in [1.54, 1.807) is 18.2 Å². The molecule has 0 bridgehead atoms. The van der Waals surface area contributed by atoms with Crippen LogP contribution in [0.5, 0.6) is 0 Å². The third-order valence-electron chi connectivity index (χ3n) is 5.38. The van der Waals surface area contributed by atoms with Crippen LogP contribution >= 0.6 is 11.8 Å². The van der Waals surface area contributed by atoms with Gasteiger partial charge in [0.2, 0.25) is 0 Å². The molecule has 168 valence electrons. The van der Waals surface area contributed by atoms with Gasteiger partial charge < -0.3 is 15.2 Å². The molecule has 0 spiro atoms. The van der Waals surface area contributed by atoms with Gasteiger partial charge in [0.15, 0.2) is 0 Å². The summed E-state index contributed by atoms with van der Waals surface area (Å²) < 4.78 is 4.65. The fraction of sp³-hybridized carbons (Fsp3) is 0.192. The van der Waals surface area contributed by atoms with Crippen LogP contribution in [0.3, 0.4) is 0 Å². The topological polar surface area (TPSA) is 99.4 Å². The first-order valence-electron chi connectivity index (χ1n) is 10.3. The molecule has 1 unspecified atom stereocenters. The van der Waals surface area contributed by atoms with Gasteiger partial charge in [0.05, 0.1) is 18.7 Å². The second-order valence-corrected chi connectivity index (χ2v) is 8.46. The molecule has 33 heavy (non-hydrogen) atoms. The summed E-state index contributed by atoms with van der Waals surface area (Å²) >= 11 is 1.38. The lowest BCUT2D eigenvalue weighted by molar-refractivity contribution is -0.134. The molecular formula is C26H24N2O4S. The van der Waals surface area contributed by atoms with Crippen LogP contribution < -0.4 is 5.32 Å². The predicted octanol–water partition coefficient (Wildman–Crippen LogP) is 4.61. The Bertz CT molecular complexity index is 1280. The van der Waals surface area contributed by atoms with E-state index in [0.29, 0.717) is 11.3 Å². The normalized spacial score (nSPS) is 11.8. The second kappa shape index (κ2) is 10.8. The van der Waals surface area contributed by atoms with Gasteiger partial charge in [-0.1, -0.05) is 30.3 Å². The molecule has 0 aliphatic carbocycles. The smallest absolute Gasteiger partial charge is 0.330 e. The van der Waals surface area contributed by atoms with Crippen LogP contribution in [0, 0.1) is 25.2 Å². The molecule has 0 aliphatic heterocycles. The van der Waals surface area contributed by atoms with E-state index in [9.17, 15) is 14.7 Å². The summed E-state index contributed by atoms with van der Waals surface area (Å²) in [6, 6.07) is 17.0. The highest BCUT2D eigenvalue weighted by atomic mass is 32.2. The van der Waals surface area contributed by atoms with Gasteiger partial charge >= 0.3 is 5.97 Å². The minimum atomic E-state index is -1.22. The Morgan fingerprint density at radius 2 is 1.85 bits per heavy atom. The molecule has 2 N–H and O–H groups in total. The highest BCUT2D eigenvalue weighted by Gasteiger charge is 2.18. The van der Waals surface area contributed by atoms with Gasteiger partial charge in [-0.05, 0) is 65.6 Å². The minimum absolute atomic E-state index is 0.168. The molecule has 1 atom stereocenters. The highest BCUT2D eigenvalue weighted by molar-refractivity contribution is 7.99. The van der Waals surface area contributed by atoms with E-state index in [4.69, 9.17) is 5.26 Å². The van der Waals surface area contributed by atoms with E-state index in [0.717, 1.165) is 32.4 Å². The number of fused-ring (bicyclic) bond motifs is 1. The number of nitrogens with zero attached hydrogens (tertiary/aromatic N) is 1. The fourth-order valence-corrected chi connectivity index (χ4v) is 4.34. The molecule has 3 rings (SSSR count). The largest absolute Gasteiger partial charge is 0.466 e. The molecule has 7 heteroatoms. The summed E-state index contributed by atoms with van der Waals surface area (Å²) in [5.74, 6) is -0.766. The summed E-state index contributed by atoms with van der Waals surface area (Å²) in [5, 5.41) is 24.2. The lowest BCUT2D eigenvalue weighted by atomic mass is 10.0. The van der Waals surface area contributed by atoms with Crippen molar-refractivity contribution in [1.82, 2.24) is 0 Å². The quantitative estimate of drug-likeness (QED) is 0.304. The summed E-state index contributed by atoms with van der Waals surface area (Å²) in [7, 11) is 1.33. The standard InChI is InChI=1S/C26H24N2O4S/c1-16-17(2)22(12-10-19(16)14-27)28-26(31)23(29)15-33-24-9-5-7-20-18(6-4-8-21(20)24)11-13-25(30)32-3/h4-13,23,29H,15H2,1-3H3,(H,28,31)/b13-11+. The Balaban J connectivity index is 1.73. The van der Waals surface area contributed by atoms with Gasteiger partial charge in [-0.15, -0.1) is 11.8 Å². The van der Waals surface area contributed by atoms with E-state index >= 15 is 0 Å². The predicted molar refractivity (Wildman–Crippen MR) is 131 cm³/mol. The maximum Gasteiger partial charge on any atom is 0.330 e. The molecule has 3 aromatic rings. The van der Waals surface area contributed by atoms with Gasteiger partial charge in [-0.3, -0.25) is 4.79 Å². The number of carbonyl (C=O) groups excluding carboxylic acids is 2. The highest BCUT2D eigenvalue weighted by Crippen LogP contribution is 2.31. The minimum Gasteiger partial charge on any atom is -0.466 e. The second-order valence-electron chi connectivity index (χ2n) is 7.39. The van der Waals surface area contributed by atoms with Crippen molar-refractivity contribution in [3.63, 3.8) is 0 Å². The number of hydrogen-bond acceptors (Lipinski definition) is 6. The third kappa shape index (κ3) is 5.61. The van der Waals surface area contributed by atoms with Crippen LogP contribution in [0.15, 0.2) is 59.5 Å². The molecule has 0 fully saturated rings. The zero-order valence-corrected chi connectivity index (χ0v) is 19.4. The SMILES string of the molecule is COC(=O)/C=C/c1cccc2c(SCC(O)C(=O)Nc3ccc(C#N)c(C)c3C)cccc12. The number of thioether (sulfide) groups is 1. The average Bonchev–Trinajstić information content (AvgIpc) is 2.83. The van der Waals surface area contributed by atoms with E-state index in [1.807, 2.05) is 50.2 Å². The van der Waals surface area contributed by atoms with Crippen LogP contribution in [0.4, 0.5) is 5.69 Å². The molecule has 0 saturated carbocycles. The Morgan fingerprint density at radius 1 is 1.12 bits per heavy atom. The summed E-state index contributed by atoms with van der Waals surface area (Å²) in [6.45, 7) is 3.65. The number of nitrogens with one attached hydrogen (secondary N) is 1. The molecule has 0 radical (unpaired) electrons. The molecule has 1 amide bonds. The maximum atomic E-state index is 12.6. The fourth-order valence-electron chi connectivity index (χ4n) is 3.34. The molecule has 0 aromatic heterocycles. The van der Waals surface area contributed by atoms with E-state index in [1.165, 1.54) is 24.9 Å². The molecule has 0 heterocycles. The molecule has 0 saturated heterocycles. The summed E-state index contributed by atoms with van der Waals surface area (Å²) in [4.78, 5) is 24.9. The number of esters is 1. The van der Waals surface area contributed by atoms with Crippen molar-refractivity contribution < 1.29 is 19.4 Å². The maximum absolute atomic E-state index is 12.6. The molecule has 3 aromatic carbocycles. The van der Waals surface area contributed by atoms with Crippen molar-refractivity contribution in [2.75, 3.05) is 18.2 Å². The number of nitriles is 1. The number of methoxy groups -OCH3 is 1. The number of aliphatic hydroxyl groups excluding tert-OH is 1. The van der Waals surface area contributed by atoms with E-state index < -0.39 is 18.0 Å². The van der Waals surface area contributed by atoms with Crippen molar-refractivity contribution in [2.24, 2.45) is 0 Å². The summed E-state index contributed by atoms with van der Waals surface area (Å²) in [6.07, 6.45) is 1.85. The number of ether oxygens (including phenoxy) is 1. The lowest BCUT2D eigenvalue weighted by Gasteiger charge is -2.15. The number of rotatable bonds is 7. The number of anilines is 1. The number of carbonyl (C=O) groups is 2. The van der Waals surface area contributed by atoms with Crippen molar-refractivity contribution in [3.05, 3.63) is 76.9 Å². The van der Waals surface area contributed by atoms with Crippen LogP contribution in [-0.2, 0) is 14.3 Å². The van der Waals surface area contributed by atoms with Gasteiger partial charge in [-0.25, -0.2) is 4.79 Å². The Labute approximate surface area is 196 Å². The zero-order chi connectivity index (χ0) is 24.0. The van der Waals surface area contributed by atoms with Gasteiger partial charge in [-0.2, -0.15) is 5.26 Å². The molecular weight excluding hydrogens is 436 g/mol. The van der Waals surface area contributed by atoms with Crippen molar-refractivity contribution >= 4 is 46.2 Å². The third-order valence-corrected chi connectivity index (χ3v) is 6.53. The number of aliphatic hydroxyl groups is 1. The van der Waals surface area contributed by atoms with Crippen molar-refractivity contribution in [2.45, 2.75) is 24.8 Å². The number of amides is 1.